The molecule has 1 saturated heterocycles. The molecule has 1 amide bonds. The summed E-state index contributed by atoms with van der Waals surface area (Å²) in [5.41, 5.74) is 0.347. The van der Waals surface area contributed by atoms with Crippen LogP contribution in [0.4, 0.5) is 5.82 Å². The Morgan fingerprint density at radius 3 is 2.88 bits per heavy atom. The molecular formula is C16H23N7O. The zero-order chi connectivity index (χ0) is 16.9. The molecular weight excluding hydrogens is 306 g/mol. The average molecular weight is 329 g/mol. The van der Waals surface area contributed by atoms with Gasteiger partial charge in [0.15, 0.2) is 11.5 Å². The Balaban J connectivity index is 1.72. The number of nitrogens with zero attached hydrogens (tertiary/aromatic N) is 6. The topological polar surface area (TPSA) is 88.8 Å². The molecule has 1 aliphatic heterocycles. The van der Waals surface area contributed by atoms with Crippen LogP contribution in [0.25, 0.3) is 0 Å². The summed E-state index contributed by atoms with van der Waals surface area (Å²) in [5.74, 6) is 1.99. The first-order valence-corrected chi connectivity index (χ1v) is 8.47. The number of piperidine rings is 1. The molecule has 2 aromatic heterocycles. The van der Waals surface area contributed by atoms with E-state index in [2.05, 4.69) is 42.1 Å². The van der Waals surface area contributed by atoms with Gasteiger partial charge in [-0.2, -0.15) is 0 Å². The Labute approximate surface area is 141 Å². The lowest BCUT2D eigenvalue weighted by molar-refractivity contribution is 0.0950. The van der Waals surface area contributed by atoms with Crippen LogP contribution in [0.2, 0.25) is 0 Å². The van der Waals surface area contributed by atoms with Crippen LogP contribution in [0.3, 0.4) is 0 Å². The van der Waals surface area contributed by atoms with E-state index in [0.717, 1.165) is 44.1 Å². The van der Waals surface area contributed by atoms with Crippen molar-refractivity contribution in [2.24, 2.45) is 0 Å². The molecule has 0 saturated carbocycles. The van der Waals surface area contributed by atoms with Crippen molar-refractivity contribution in [3.05, 3.63) is 30.0 Å². The molecule has 128 valence electrons. The molecule has 2 aromatic rings. The van der Waals surface area contributed by atoms with Gasteiger partial charge < -0.3 is 14.8 Å². The van der Waals surface area contributed by atoms with Gasteiger partial charge in [-0.15, -0.1) is 20.4 Å². The summed E-state index contributed by atoms with van der Waals surface area (Å²) in [4.78, 5) is 14.0. The Hall–Kier alpha value is -2.51. The molecule has 0 spiro atoms. The summed E-state index contributed by atoms with van der Waals surface area (Å²) in [6.45, 7) is 7.20. The van der Waals surface area contributed by atoms with E-state index in [9.17, 15) is 4.79 Å². The van der Waals surface area contributed by atoms with Gasteiger partial charge in [-0.1, -0.05) is 0 Å². The lowest BCUT2D eigenvalue weighted by Crippen LogP contribution is -2.36. The highest BCUT2D eigenvalue weighted by atomic mass is 16.1. The van der Waals surface area contributed by atoms with E-state index in [0.29, 0.717) is 18.2 Å². The number of aromatic nitrogens is 5. The highest BCUT2D eigenvalue weighted by Crippen LogP contribution is 2.27. The Morgan fingerprint density at radius 2 is 2.17 bits per heavy atom. The highest BCUT2D eigenvalue weighted by Gasteiger charge is 2.26. The standard InChI is InChI=1S/C16H23N7O/c1-3-17-16(24)13-7-8-14(20-19-13)23-9-5-6-12(10-23)15-21-18-11-22(15)4-2/h7-8,11-12H,3-6,9-10H2,1-2H3,(H,17,24)/t12-/m0/s1. The van der Waals surface area contributed by atoms with E-state index >= 15 is 0 Å². The first-order valence-electron chi connectivity index (χ1n) is 8.47. The zero-order valence-corrected chi connectivity index (χ0v) is 14.1. The van der Waals surface area contributed by atoms with Gasteiger partial charge in [0.25, 0.3) is 5.91 Å². The fourth-order valence-electron chi connectivity index (χ4n) is 3.09. The average Bonchev–Trinajstić information content (AvgIpc) is 3.11. The SMILES string of the molecule is CCNC(=O)c1ccc(N2CCC[C@H](c3nncn3CC)C2)nn1. The second-order valence-electron chi connectivity index (χ2n) is 5.90. The maximum Gasteiger partial charge on any atom is 0.271 e. The van der Waals surface area contributed by atoms with Crippen LogP contribution in [0, 0.1) is 0 Å². The maximum absolute atomic E-state index is 11.8. The molecule has 1 fully saturated rings. The number of carbonyl (C=O) groups excluding carboxylic acids is 1. The third kappa shape index (κ3) is 3.37. The molecule has 8 nitrogen and oxygen atoms in total. The Kier molecular flexibility index (Phi) is 5.02. The van der Waals surface area contributed by atoms with Gasteiger partial charge in [-0.3, -0.25) is 4.79 Å². The molecule has 24 heavy (non-hydrogen) atoms. The van der Waals surface area contributed by atoms with Crippen molar-refractivity contribution in [2.45, 2.75) is 39.2 Å². The fourth-order valence-corrected chi connectivity index (χ4v) is 3.09. The molecule has 3 heterocycles. The van der Waals surface area contributed by atoms with E-state index in [1.165, 1.54) is 0 Å². The number of anilines is 1. The lowest BCUT2D eigenvalue weighted by atomic mass is 9.97. The van der Waals surface area contributed by atoms with Crippen LogP contribution in [0.5, 0.6) is 0 Å². The molecule has 1 N–H and O–H groups in total. The van der Waals surface area contributed by atoms with Crippen molar-refractivity contribution in [2.75, 3.05) is 24.5 Å². The van der Waals surface area contributed by atoms with Gasteiger partial charge in [0.1, 0.15) is 12.2 Å². The molecule has 0 bridgehead atoms. The van der Waals surface area contributed by atoms with Gasteiger partial charge >= 0.3 is 0 Å². The van der Waals surface area contributed by atoms with E-state index in [1.54, 1.807) is 12.4 Å². The quantitative estimate of drug-likeness (QED) is 0.887. The maximum atomic E-state index is 11.8. The van der Waals surface area contributed by atoms with E-state index in [1.807, 2.05) is 13.0 Å². The van der Waals surface area contributed by atoms with Gasteiger partial charge in [0, 0.05) is 32.1 Å². The van der Waals surface area contributed by atoms with Crippen molar-refractivity contribution >= 4 is 11.7 Å². The third-order valence-electron chi connectivity index (χ3n) is 4.32. The van der Waals surface area contributed by atoms with Gasteiger partial charge in [-0.25, -0.2) is 0 Å². The van der Waals surface area contributed by atoms with Crippen molar-refractivity contribution < 1.29 is 4.79 Å². The predicted molar refractivity (Wildman–Crippen MR) is 89.9 cm³/mol. The number of aryl methyl sites for hydroxylation is 1. The highest BCUT2D eigenvalue weighted by molar-refractivity contribution is 5.92. The molecule has 1 aliphatic rings. The lowest BCUT2D eigenvalue weighted by Gasteiger charge is -2.32. The molecule has 0 aliphatic carbocycles. The van der Waals surface area contributed by atoms with Crippen LogP contribution >= 0.6 is 0 Å². The third-order valence-corrected chi connectivity index (χ3v) is 4.32. The minimum atomic E-state index is -0.191. The van der Waals surface area contributed by atoms with Crippen molar-refractivity contribution in [3.63, 3.8) is 0 Å². The summed E-state index contributed by atoms with van der Waals surface area (Å²) in [7, 11) is 0. The number of nitrogens with one attached hydrogen (secondary N) is 1. The van der Waals surface area contributed by atoms with Crippen LogP contribution in [0.15, 0.2) is 18.5 Å². The molecule has 8 heteroatoms. The Morgan fingerprint density at radius 1 is 1.29 bits per heavy atom. The van der Waals surface area contributed by atoms with Crippen molar-refractivity contribution in [1.82, 2.24) is 30.3 Å². The van der Waals surface area contributed by atoms with Crippen molar-refractivity contribution in [3.8, 4) is 0 Å². The minimum absolute atomic E-state index is 0.191. The predicted octanol–water partition coefficient (Wildman–Crippen LogP) is 1.22. The largest absolute Gasteiger partial charge is 0.354 e. The fraction of sp³-hybridized carbons (Fsp3) is 0.562. The molecule has 1 atom stereocenters. The normalized spacial score (nSPS) is 17.8. The smallest absolute Gasteiger partial charge is 0.271 e. The van der Waals surface area contributed by atoms with Crippen LogP contribution in [-0.2, 0) is 6.54 Å². The van der Waals surface area contributed by atoms with Crippen LogP contribution in [0.1, 0.15) is 48.9 Å². The molecule has 3 rings (SSSR count). The monoisotopic (exact) mass is 329 g/mol. The molecule has 0 radical (unpaired) electrons. The number of hydrogen-bond acceptors (Lipinski definition) is 6. The number of rotatable bonds is 5. The first kappa shape index (κ1) is 16.4. The summed E-state index contributed by atoms with van der Waals surface area (Å²) >= 11 is 0. The van der Waals surface area contributed by atoms with Gasteiger partial charge in [0.2, 0.25) is 0 Å². The second kappa shape index (κ2) is 7.37. The summed E-state index contributed by atoms with van der Waals surface area (Å²) < 4.78 is 2.10. The Bertz CT molecular complexity index is 682. The number of amides is 1. The molecule has 0 aromatic carbocycles. The number of hydrogen-bond donors (Lipinski definition) is 1. The van der Waals surface area contributed by atoms with Gasteiger partial charge in [-0.05, 0) is 38.8 Å². The first-order chi connectivity index (χ1) is 11.7. The molecule has 0 unspecified atom stereocenters. The summed E-state index contributed by atoms with van der Waals surface area (Å²) in [5, 5.41) is 19.3. The summed E-state index contributed by atoms with van der Waals surface area (Å²) in [6.07, 6.45) is 3.95. The zero-order valence-electron chi connectivity index (χ0n) is 14.1. The van der Waals surface area contributed by atoms with Crippen molar-refractivity contribution in [1.29, 1.82) is 0 Å². The number of carbonyl (C=O) groups is 1. The van der Waals surface area contributed by atoms with E-state index in [4.69, 9.17) is 0 Å². The summed E-state index contributed by atoms with van der Waals surface area (Å²) in [6, 6.07) is 3.59. The van der Waals surface area contributed by atoms with E-state index in [-0.39, 0.29) is 5.91 Å². The minimum Gasteiger partial charge on any atom is -0.354 e. The van der Waals surface area contributed by atoms with Crippen LogP contribution in [-0.4, -0.2) is 50.5 Å². The van der Waals surface area contributed by atoms with E-state index < -0.39 is 0 Å². The van der Waals surface area contributed by atoms with Gasteiger partial charge in [0.05, 0.1) is 0 Å². The second-order valence-corrected chi connectivity index (χ2v) is 5.90. The van der Waals surface area contributed by atoms with Crippen LogP contribution < -0.4 is 10.2 Å².